The van der Waals surface area contributed by atoms with E-state index in [1.54, 1.807) is 14.2 Å². The number of ether oxygens (including phenoxy) is 3. The zero-order chi connectivity index (χ0) is 16.3. The predicted molar refractivity (Wildman–Crippen MR) is 107 cm³/mol. The lowest BCUT2D eigenvalue weighted by molar-refractivity contribution is 0.174. The summed E-state index contributed by atoms with van der Waals surface area (Å²) in [5.74, 6) is 2.51. The molecule has 2 rings (SSSR count). The molecule has 2 N–H and O–H groups in total. The first-order valence-electron chi connectivity index (χ1n) is 8.15. The molecule has 1 aliphatic rings. The Bertz CT molecular complexity index is 512. The highest BCUT2D eigenvalue weighted by molar-refractivity contribution is 14.0. The van der Waals surface area contributed by atoms with Gasteiger partial charge in [0.2, 0.25) is 6.79 Å². The molecule has 7 heteroatoms. The van der Waals surface area contributed by atoms with Crippen LogP contribution in [0, 0.1) is 0 Å². The summed E-state index contributed by atoms with van der Waals surface area (Å²) in [6.45, 7) is 2.90. The van der Waals surface area contributed by atoms with Crippen molar-refractivity contribution in [1.82, 2.24) is 10.6 Å². The lowest BCUT2D eigenvalue weighted by Gasteiger charge is -2.12. The van der Waals surface area contributed by atoms with E-state index in [0.717, 1.165) is 62.8 Å². The van der Waals surface area contributed by atoms with Gasteiger partial charge in [-0.3, -0.25) is 4.99 Å². The predicted octanol–water partition coefficient (Wildman–Crippen LogP) is 2.56. The average Bonchev–Trinajstić information content (AvgIpc) is 3.04. The van der Waals surface area contributed by atoms with Gasteiger partial charge in [-0.1, -0.05) is 6.07 Å². The number of guanidine groups is 1. The quantitative estimate of drug-likeness (QED) is 0.263. The maximum Gasteiger partial charge on any atom is 0.231 e. The molecule has 0 aliphatic carbocycles. The van der Waals surface area contributed by atoms with Gasteiger partial charge in [-0.25, -0.2) is 0 Å². The van der Waals surface area contributed by atoms with E-state index in [-0.39, 0.29) is 24.0 Å². The maximum atomic E-state index is 5.39. The summed E-state index contributed by atoms with van der Waals surface area (Å²) in [7, 11) is 3.53. The number of methoxy groups -OCH3 is 1. The summed E-state index contributed by atoms with van der Waals surface area (Å²) in [5, 5.41) is 6.66. The number of nitrogens with one attached hydrogen (secondary N) is 2. The lowest BCUT2D eigenvalue weighted by Crippen LogP contribution is -2.38. The monoisotopic (exact) mass is 449 g/mol. The van der Waals surface area contributed by atoms with Crippen LogP contribution >= 0.6 is 24.0 Å². The van der Waals surface area contributed by atoms with Gasteiger partial charge in [0.15, 0.2) is 17.5 Å². The zero-order valence-corrected chi connectivity index (χ0v) is 16.8. The number of rotatable bonds is 9. The number of halogens is 1. The first kappa shape index (κ1) is 20.8. The molecule has 24 heavy (non-hydrogen) atoms. The highest BCUT2D eigenvalue weighted by Gasteiger charge is 2.12. The molecule has 1 heterocycles. The lowest BCUT2D eigenvalue weighted by atomic mass is 10.1. The Morgan fingerprint density at radius 3 is 2.71 bits per heavy atom. The van der Waals surface area contributed by atoms with E-state index in [1.165, 1.54) is 5.56 Å². The summed E-state index contributed by atoms with van der Waals surface area (Å²) >= 11 is 0. The molecule has 0 saturated carbocycles. The van der Waals surface area contributed by atoms with Crippen molar-refractivity contribution in [1.29, 1.82) is 0 Å². The molecule has 136 valence electrons. The van der Waals surface area contributed by atoms with Crippen molar-refractivity contribution in [2.45, 2.75) is 25.7 Å². The van der Waals surface area contributed by atoms with Gasteiger partial charge in [-0.15, -0.1) is 24.0 Å². The fraction of sp³-hybridized carbons (Fsp3) is 0.588. The number of unbranched alkanes of at least 4 members (excludes halogenated alkanes) is 2. The Kier molecular flexibility index (Phi) is 10.6. The van der Waals surface area contributed by atoms with Crippen LogP contribution in [0.2, 0.25) is 0 Å². The summed E-state index contributed by atoms with van der Waals surface area (Å²) < 4.78 is 15.8. The van der Waals surface area contributed by atoms with Crippen LogP contribution < -0.4 is 20.1 Å². The number of fused-ring (bicyclic) bond motifs is 1. The Balaban J connectivity index is 0.00000288. The number of benzene rings is 1. The second kappa shape index (κ2) is 12.2. The SMILES string of the molecule is CN=C(NCCCCCOC)NCCc1ccc2c(c1)OCO2.I. The van der Waals surface area contributed by atoms with Crippen LogP contribution in [0.25, 0.3) is 0 Å². The molecule has 0 radical (unpaired) electrons. The molecule has 0 saturated heterocycles. The summed E-state index contributed by atoms with van der Waals surface area (Å²) in [6, 6.07) is 6.07. The summed E-state index contributed by atoms with van der Waals surface area (Å²) in [6.07, 6.45) is 4.29. The molecule has 1 aromatic carbocycles. The van der Waals surface area contributed by atoms with Gasteiger partial charge in [-0.05, 0) is 43.4 Å². The van der Waals surface area contributed by atoms with Crippen LogP contribution in [0.5, 0.6) is 11.5 Å². The molecular weight excluding hydrogens is 421 g/mol. The van der Waals surface area contributed by atoms with Crippen molar-refractivity contribution in [3.63, 3.8) is 0 Å². The number of hydrogen-bond donors (Lipinski definition) is 2. The van der Waals surface area contributed by atoms with Gasteiger partial charge in [0.05, 0.1) is 0 Å². The smallest absolute Gasteiger partial charge is 0.231 e. The Hall–Kier alpha value is -1.22. The molecule has 0 spiro atoms. The Labute approximate surface area is 161 Å². The van der Waals surface area contributed by atoms with Gasteiger partial charge < -0.3 is 24.8 Å². The first-order valence-corrected chi connectivity index (χ1v) is 8.15. The van der Waals surface area contributed by atoms with Crippen LogP contribution in [0.15, 0.2) is 23.2 Å². The fourth-order valence-corrected chi connectivity index (χ4v) is 2.40. The maximum absolute atomic E-state index is 5.39. The van der Waals surface area contributed by atoms with E-state index in [9.17, 15) is 0 Å². The number of nitrogens with zero attached hydrogens (tertiary/aromatic N) is 1. The molecule has 6 nitrogen and oxygen atoms in total. The molecular formula is C17H28IN3O3. The third kappa shape index (κ3) is 7.12. The molecule has 0 amide bonds. The van der Waals surface area contributed by atoms with E-state index in [4.69, 9.17) is 14.2 Å². The third-order valence-corrected chi connectivity index (χ3v) is 3.68. The van der Waals surface area contributed by atoms with Crippen molar-refractivity contribution >= 4 is 29.9 Å². The topological polar surface area (TPSA) is 64.1 Å². The van der Waals surface area contributed by atoms with Crippen LogP contribution in [0.3, 0.4) is 0 Å². The van der Waals surface area contributed by atoms with Gasteiger partial charge >= 0.3 is 0 Å². The zero-order valence-electron chi connectivity index (χ0n) is 14.5. The van der Waals surface area contributed by atoms with E-state index in [0.29, 0.717) is 6.79 Å². The van der Waals surface area contributed by atoms with Crippen LogP contribution in [0.1, 0.15) is 24.8 Å². The molecule has 1 aliphatic heterocycles. The van der Waals surface area contributed by atoms with Crippen LogP contribution in [-0.2, 0) is 11.2 Å². The molecule has 0 atom stereocenters. The van der Waals surface area contributed by atoms with Crippen LogP contribution in [0.4, 0.5) is 0 Å². The Morgan fingerprint density at radius 1 is 1.12 bits per heavy atom. The number of aliphatic imine (C=N–C) groups is 1. The van der Waals surface area contributed by atoms with Crippen LogP contribution in [-0.4, -0.2) is 46.6 Å². The molecule has 0 fully saturated rings. The van der Waals surface area contributed by atoms with Crippen molar-refractivity contribution < 1.29 is 14.2 Å². The van der Waals surface area contributed by atoms with Crippen molar-refractivity contribution in [3.8, 4) is 11.5 Å². The highest BCUT2D eigenvalue weighted by atomic mass is 127. The minimum atomic E-state index is 0. The molecule has 0 unspecified atom stereocenters. The standard InChI is InChI=1S/C17H27N3O3.HI/c1-18-17(19-9-4-3-5-11-21-2)20-10-8-14-6-7-15-16(12-14)23-13-22-15;/h6-7,12H,3-5,8-11,13H2,1-2H3,(H2,18,19,20);1H. The largest absolute Gasteiger partial charge is 0.454 e. The minimum absolute atomic E-state index is 0. The third-order valence-electron chi connectivity index (χ3n) is 3.68. The van der Waals surface area contributed by atoms with E-state index >= 15 is 0 Å². The van der Waals surface area contributed by atoms with Crippen molar-refractivity contribution in [3.05, 3.63) is 23.8 Å². The second-order valence-electron chi connectivity index (χ2n) is 5.42. The minimum Gasteiger partial charge on any atom is -0.454 e. The molecule has 0 bridgehead atoms. The van der Waals surface area contributed by atoms with Gasteiger partial charge in [0, 0.05) is 33.9 Å². The first-order chi connectivity index (χ1) is 11.3. The molecule has 0 aromatic heterocycles. The van der Waals surface area contributed by atoms with Gasteiger partial charge in [0.1, 0.15) is 0 Å². The van der Waals surface area contributed by atoms with E-state index in [2.05, 4.69) is 21.7 Å². The van der Waals surface area contributed by atoms with Gasteiger partial charge in [-0.2, -0.15) is 0 Å². The van der Waals surface area contributed by atoms with E-state index < -0.39 is 0 Å². The summed E-state index contributed by atoms with van der Waals surface area (Å²) in [4.78, 5) is 4.24. The van der Waals surface area contributed by atoms with E-state index in [1.807, 2.05) is 12.1 Å². The summed E-state index contributed by atoms with van der Waals surface area (Å²) in [5.41, 5.74) is 1.22. The Morgan fingerprint density at radius 2 is 1.92 bits per heavy atom. The molecule has 1 aromatic rings. The average molecular weight is 449 g/mol. The van der Waals surface area contributed by atoms with Crippen molar-refractivity contribution in [2.75, 3.05) is 40.6 Å². The normalized spacial score (nSPS) is 12.7. The fourth-order valence-electron chi connectivity index (χ4n) is 2.40. The second-order valence-corrected chi connectivity index (χ2v) is 5.42. The van der Waals surface area contributed by atoms with Gasteiger partial charge in [0.25, 0.3) is 0 Å². The number of hydrogen-bond acceptors (Lipinski definition) is 4. The highest BCUT2D eigenvalue weighted by Crippen LogP contribution is 2.32. The van der Waals surface area contributed by atoms with Crippen molar-refractivity contribution in [2.24, 2.45) is 4.99 Å².